The maximum atomic E-state index is 12.0. The highest BCUT2D eigenvalue weighted by Crippen LogP contribution is 2.33. The van der Waals surface area contributed by atoms with E-state index in [1.165, 1.54) is 24.1 Å². The molecule has 0 aromatic carbocycles. The van der Waals surface area contributed by atoms with Gasteiger partial charge in [-0.15, -0.1) is 0 Å². The molecule has 6 heteroatoms. The average Bonchev–Trinajstić information content (AvgIpc) is 2.68. The van der Waals surface area contributed by atoms with Crippen molar-refractivity contribution in [3.63, 3.8) is 0 Å². The van der Waals surface area contributed by atoms with Crippen molar-refractivity contribution in [1.29, 1.82) is 0 Å². The Hall–Kier alpha value is -1.69. The van der Waals surface area contributed by atoms with Gasteiger partial charge in [0.2, 0.25) is 5.91 Å². The van der Waals surface area contributed by atoms with E-state index in [2.05, 4.69) is 23.8 Å². The third-order valence-electron chi connectivity index (χ3n) is 6.67. The van der Waals surface area contributed by atoms with Crippen molar-refractivity contribution in [1.82, 2.24) is 19.8 Å². The summed E-state index contributed by atoms with van der Waals surface area (Å²) in [7, 11) is 2.20. The predicted octanol–water partition coefficient (Wildman–Crippen LogP) is 2.43. The van der Waals surface area contributed by atoms with Crippen LogP contribution < -0.4 is 4.90 Å². The summed E-state index contributed by atoms with van der Waals surface area (Å²) in [6.45, 7) is 9.84. The minimum absolute atomic E-state index is 0.151. The standard InChI is InChI=1S/C21H33N5O/c1-15-4-11-25(12-5-15)21-18-14-26(16(2)27)13-8-19(18)22-20(23-21)17-6-9-24(3)10-7-17/h15,17H,4-14H2,1-3H3. The maximum absolute atomic E-state index is 12.0. The Morgan fingerprint density at radius 2 is 1.70 bits per heavy atom. The number of piperidine rings is 2. The van der Waals surface area contributed by atoms with Crippen molar-refractivity contribution >= 4 is 11.7 Å². The second-order valence-corrected chi connectivity index (χ2v) is 8.77. The summed E-state index contributed by atoms with van der Waals surface area (Å²) in [6, 6.07) is 0. The van der Waals surface area contributed by atoms with Gasteiger partial charge in [0.15, 0.2) is 0 Å². The van der Waals surface area contributed by atoms with E-state index in [4.69, 9.17) is 9.97 Å². The fourth-order valence-corrected chi connectivity index (χ4v) is 4.62. The summed E-state index contributed by atoms with van der Waals surface area (Å²) < 4.78 is 0. The third kappa shape index (κ3) is 3.96. The third-order valence-corrected chi connectivity index (χ3v) is 6.67. The molecule has 148 valence electrons. The minimum Gasteiger partial charge on any atom is -0.356 e. The minimum atomic E-state index is 0.151. The largest absolute Gasteiger partial charge is 0.356 e. The summed E-state index contributed by atoms with van der Waals surface area (Å²) in [5.74, 6) is 3.58. The predicted molar refractivity (Wildman–Crippen MR) is 107 cm³/mol. The molecule has 1 aromatic heterocycles. The molecule has 2 fully saturated rings. The molecule has 4 heterocycles. The van der Waals surface area contributed by atoms with Crippen LogP contribution in [-0.2, 0) is 17.8 Å². The van der Waals surface area contributed by atoms with Crippen molar-refractivity contribution in [2.45, 2.75) is 58.4 Å². The fraction of sp³-hybridized carbons (Fsp3) is 0.762. The van der Waals surface area contributed by atoms with Crippen LogP contribution in [0.4, 0.5) is 5.82 Å². The monoisotopic (exact) mass is 371 g/mol. The van der Waals surface area contributed by atoms with Gasteiger partial charge < -0.3 is 14.7 Å². The molecule has 0 aliphatic carbocycles. The molecule has 1 aromatic rings. The van der Waals surface area contributed by atoms with E-state index in [0.717, 1.165) is 69.5 Å². The summed E-state index contributed by atoms with van der Waals surface area (Å²) >= 11 is 0. The molecule has 0 spiro atoms. The number of likely N-dealkylation sites (tertiary alicyclic amines) is 1. The van der Waals surface area contributed by atoms with Gasteiger partial charge >= 0.3 is 0 Å². The van der Waals surface area contributed by atoms with E-state index >= 15 is 0 Å². The van der Waals surface area contributed by atoms with Crippen molar-refractivity contribution in [3.8, 4) is 0 Å². The first kappa shape index (κ1) is 18.7. The number of hydrogen-bond acceptors (Lipinski definition) is 5. The van der Waals surface area contributed by atoms with Gasteiger partial charge in [-0.05, 0) is 51.7 Å². The highest BCUT2D eigenvalue weighted by Gasteiger charge is 2.30. The number of aromatic nitrogens is 2. The van der Waals surface area contributed by atoms with Gasteiger partial charge in [0.25, 0.3) is 0 Å². The lowest BCUT2D eigenvalue weighted by Crippen LogP contribution is -2.39. The number of fused-ring (bicyclic) bond motifs is 1. The smallest absolute Gasteiger partial charge is 0.219 e. The normalized spacial score (nSPS) is 22.8. The van der Waals surface area contributed by atoms with Crippen LogP contribution in [0.5, 0.6) is 0 Å². The van der Waals surface area contributed by atoms with Crippen LogP contribution in [0.2, 0.25) is 0 Å². The molecule has 3 aliphatic heterocycles. The zero-order valence-corrected chi connectivity index (χ0v) is 17.1. The Labute approximate surface area is 162 Å². The van der Waals surface area contributed by atoms with Gasteiger partial charge in [-0.25, -0.2) is 9.97 Å². The second-order valence-electron chi connectivity index (χ2n) is 8.77. The lowest BCUT2D eigenvalue weighted by Gasteiger charge is -2.37. The van der Waals surface area contributed by atoms with Gasteiger partial charge in [0, 0.05) is 44.5 Å². The quantitative estimate of drug-likeness (QED) is 0.799. The van der Waals surface area contributed by atoms with Crippen LogP contribution in [0.1, 0.15) is 62.5 Å². The molecular formula is C21H33N5O. The molecule has 0 unspecified atom stereocenters. The van der Waals surface area contributed by atoms with Gasteiger partial charge in [0.1, 0.15) is 11.6 Å². The van der Waals surface area contributed by atoms with Crippen LogP contribution >= 0.6 is 0 Å². The zero-order valence-electron chi connectivity index (χ0n) is 17.1. The Morgan fingerprint density at radius 3 is 2.37 bits per heavy atom. The Morgan fingerprint density at radius 1 is 1.00 bits per heavy atom. The van der Waals surface area contributed by atoms with E-state index in [9.17, 15) is 4.79 Å². The van der Waals surface area contributed by atoms with Crippen LogP contribution in [0.25, 0.3) is 0 Å². The number of amides is 1. The van der Waals surface area contributed by atoms with E-state index in [1.807, 2.05) is 4.90 Å². The number of carbonyl (C=O) groups excluding carboxylic acids is 1. The maximum Gasteiger partial charge on any atom is 0.219 e. The van der Waals surface area contributed by atoms with Crippen molar-refractivity contribution in [2.24, 2.45) is 5.92 Å². The summed E-state index contributed by atoms with van der Waals surface area (Å²) in [5, 5.41) is 0. The Balaban J connectivity index is 1.67. The van der Waals surface area contributed by atoms with Crippen LogP contribution in [0.3, 0.4) is 0 Å². The van der Waals surface area contributed by atoms with Crippen molar-refractivity contribution in [3.05, 3.63) is 17.1 Å². The number of anilines is 1. The highest BCUT2D eigenvalue weighted by atomic mass is 16.2. The Kier molecular flexibility index (Phi) is 5.35. The number of carbonyl (C=O) groups is 1. The molecule has 3 aliphatic rings. The van der Waals surface area contributed by atoms with Crippen LogP contribution in [-0.4, -0.2) is 65.4 Å². The first-order chi connectivity index (χ1) is 13.0. The summed E-state index contributed by atoms with van der Waals surface area (Å²) in [6.07, 6.45) is 5.59. The Bertz CT molecular complexity index is 690. The molecule has 0 bridgehead atoms. The molecular weight excluding hydrogens is 338 g/mol. The van der Waals surface area contributed by atoms with Gasteiger partial charge in [-0.1, -0.05) is 6.92 Å². The van der Waals surface area contributed by atoms with Crippen LogP contribution in [0.15, 0.2) is 0 Å². The molecule has 4 rings (SSSR count). The van der Waals surface area contributed by atoms with Gasteiger partial charge in [-0.3, -0.25) is 4.79 Å². The first-order valence-corrected chi connectivity index (χ1v) is 10.6. The fourth-order valence-electron chi connectivity index (χ4n) is 4.62. The highest BCUT2D eigenvalue weighted by molar-refractivity contribution is 5.74. The molecule has 0 atom stereocenters. The second kappa shape index (κ2) is 7.74. The number of rotatable bonds is 2. The molecule has 1 amide bonds. The first-order valence-electron chi connectivity index (χ1n) is 10.6. The average molecular weight is 372 g/mol. The molecule has 27 heavy (non-hydrogen) atoms. The molecule has 0 radical (unpaired) electrons. The van der Waals surface area contributed by atoms with Crippen LogP contribution in [0, 0.1) is 5.92 Å². The van der Waals surface area contributed by atoms with E-state index < -0.39 is 0 Å². The SMILES string of the molecule is CC(=O)N1CCc2nc(C3CCN(C)CC3)nc(N3CCC(C)CC3)c2C1. The molecule has 0 N–H and O–H groups in total. The number of nitrogens with zero attached hydrogens (tertiary/aromatic N) is 5. The van der Waals surface area contributed by atoms with Gasteiger partial charge in [0.05, 0.1) is 12.2 Å². The van der Waals surface area contributed by atoms with E-state index in [-0.39, 0.29) is 5.91 Å². The number of hydrogen-bond donors (Lipinski definition) is 0. The lowest BCUT2D eigenvalue weighted by molar-refractivity contribution is -0.129. The van der Waals surface area contributed by atoms with Gasteiger partial charge in [-0.2, -0.15) is 0 Å². The molecule has 0 saturated carbocycles. The molecule has 6 nitrogen and oxygen atoms in total. The van der Waals surface area contributed by atoms with E-state index in [1.54, 1.807) is 6.92 Å². The van der Waals surface area contributed by atoms with Crippen molar-refractivity contribution in [2.75, 3.05) is 44.7 Å². The zero-order chi connectivity index (χ0) is 19.0. The lowest BCUT2D eigenvalue weighted by atomic mass is 9.94. The van der Waals surface area contributed by atoms with E-state index in [0.29, 0.717) is 12.5 Å². The summed E-state index contributed by atoms with van der Waals surface area (Å²) in [5.41, 5.74) is 2.38. The summed E-state index contributed by atoms with van der Waals surface area (Å²) in [4.78, 5) is 28.9. The molecule has 2 saturated heterocycles. The van der Waals surface area contributed by atoms with Crippen molar-refractivity contribution < 1.29 is 4.79 Å². The topological polar surface area (TPSA) is 52.6 Å².